The maximum absolute atomic E-state index is 12.2. The van der Waals surface area contributed by atoms with E-state index in [4.69, 9.17) is 11.6 Å². The minimum absolute atomic E-state index is 0.0114. The van der Waals surface area contributed by atoms with Gasteiger partial charge in [-0.3, -0.25) is 4.79 Å². The first-order chi connectivity index (χ1) is 12.6. The third kappa shape index (κ3) is 3.46. The van der Waals surface area contributed by atoms with Crippen LogP contribution in [0.1, 0.15) is 29.0 Å². The van der Waals surface area contributed by atoms with Gasteiger partial charge in [-0.25, -0.2) is 10.4 Å². The smallest absolute Gasteiger partial charge is 0.243 e. The molecule has 130 valence electrons. The number of amides is 1. The number of hydrogen-bond donors (Lipinski definition) is 1. The lowest BCUT2D eigenvalue weighted by Gasteiger charge is -2.03. The molecule has 0 radical (unpaired) electrons. The Bertz CT molecular complexity index is 1000. The van der Waals surface area contributed by atoms with E-state index in [1.54, 1.807) is 6.21 Å². The summed E-state index contributed by atoms with van der Waals surface area (Å²) in [4.78, 5) is 16.6. The van der Waals surface area contributed by atoms with Crippen LogP contribution in [-0.2, 0) is 4.79 Å². The summed E-state index contributed by atoms with van der Waals surface area (Å²) in [6.07, 6.45) is 2.41. The summed E-state index contributed by atoms with van der Waals surface area (Å²) in [5, 5.41) is 5.42. The predicted molar refractivity (Wildman–Crippen MR) is 105 cm³/mol. The highest BCUT2D eigenvalue weighted by molar-refractivity contribution is 6.32. The van der Waals surface area contributed by atoms with Crippen molar-refractivity contribution < 1.29 is 4.79 Å². The Balaban J connectivity index is 1.43. The van der Waals surface area contributed by atoms with Crippen molar-refractivity contribution in [3.8, 4) is 0 Å². The number of carbonyl (C=O) groups is 1. The number of nitrogens with zero attached hydrogens (tertiary/aromatic N) is 2. The minimum Gasteiger partial charge on any atom is -0.273 e. The van der Waals surface area contributed by atoms with Gasteiger partial charge in [0.1, 0.15) is 5.15 Å². The Hall–Kier alpha value is -2.72. The summed E-state index contributed by atoms with van der Waals surface area (Å²) in [7, 11) is 0. The molecule has 26 heavy (non-hydrogen) atoms. The van der Waals surface area contributed by atoms with E-state index in [1.807, 2.05) is 49.4 Å². The van der Waals surface area contributed by atoms with Crippen LogP contribution in [0.15, 0.2) is 59.7 Å². The van der Waals surface area contributed by atoms with E-state index < -0.39 is 0 Å². The van der Waals surface area contributed by atoms with Crippen LogP contribution in [0.5, 0.6) is 0 Å². The van der Waals surface area contributed by atoms with Crippen LogP contribution < -0.4 is 5.43 Å². The fraction of sp³-hybridized carbons (Fsp3) is 0.190. The van der Waals surface area contributed by atoms with Crippen LogP contribution in [0.2, 0.25) is 5.15 Å². The van der Waals surface area contributed by atoms with E-state index in [1.165, 1.54) is 5.56 Å². The van der Waals surface area contributed by atoms with Gasteiger partial charge < -0.3 is 0 Å². The van der Waals surface area contributed by atoms with E-state index >= 15 is 0 Å². The number of aryl methyl sites for hydroxylation is 1. The van der Waals surface area contributed by atoms with Crippen molar-refractivity contribution in [3.05, 3.63) is 76.4 Å². The Morgan fingerprint density at radius 2 is 2.04 bits per heavy atom. The monoisotopic (exact) mass is 363 g/mol. The van der Waals surface area contributed by atoms with Gasteiger partial charge in [-0.05, 0) is 42.5 Å². The average molecular weight is 364 g/mol. The van der Waals surface area contributed by atoms with E-state index in [0.29, 0.717) is 16.6 Å². The maximum Gasteiger partial charge on any atom is 0.243 e. The molecule has 1 heterocycles. The largest absolute Gasteiger partial charge is 0.273 e. The fourth-order valence-electron chi connectivity index (χ4n) is 3.16. The van der Waals surface area contributed by atoms with Crippen molar-refractivity contribution in [2.75, 3.05) is 0 Å². The number of fused-ring (bicyclic) bond motifs is 1. The first-order valence-corrected chi connectivity index (χ1v) is 8.94. The Kier molecular flexibility index (Phi) is 4.43. The maximum atomic E-state index is 12.2. The summed E-state index contributed by atoms with van der Waals surface area (Å²) in [5.41, 5.74) is 6.48. The lowest BCUT2D eigenvalue weighted by molar-refractivity contribution is -0.122. The first kappa shape index (κ1) is 16.7. The molecule has 3 aromatic rings. The van der Waals surface area contributed by atoms with Crippen molar-refractivity contribution in [2.24, 2.45) is 11.0 Å². The average Bonchev–Trinajstić information content (AvgIpc) is 3.44. The number of carbonyl (C=O) groups excluding carboxylic acids is 1. The first-order valence-electron chi connectivity index (χ1n) is 8.56. The van der Waals surface area contributed by atoms with Crippen LogP contribution in [-0.4, -0.2) is 17.1 Å². The van der Waals surface area contributed by atoms with Crippen molar-refractivity contribution >= 4 is 34.6 Å². The van der Waals surface area contributed by atoms with E-state index in [9.17, 15) is 4.79 Å². The SMILES string of the molecule is Cc1ccc2cc(/C=N/NC(=O)[C@@H]3C[C@H]3c3ccccc3)c(Cl)nc2c1. The molecule has 1 N–H and O–H groups in total. The number of hydrazone groups is 1. The summed E-state index contributed by atoms with van der Waals surface area (Å²) >= 11 is 6.23. The number of halogens is 1. The second-order valence-corrected chi connectivity index (χ2v) is 7.02. The highest BCUT2D eigenvalue weighted by atomic mass is 35.5. The number of aromatic nitrogens is 1. The second kappa shape index (κ2) is 6.89. The van der Waals surface area contributed by atoms with Gasteiger partial charge in [0.2, 0.25) is 5.91 Å². The third-order valence-electron chi connectivity index (χ3n) is 4.69. The molecule has 0 spiro atoms. The zero-order valence-corrected chi connectivity index (χ0v) is 15.1. The van der Waals surface area contributed by atoms with E-state index in [2.05, 4.69) is 27.6 Å². The zero-order valence-electron chi connectivity index (χ0n) is 14.3. The van der Waals surface area contributed by atoms with Gasteiger partial charge >= 0.3 is 0 Å². The lowest BCUT2D eigenvalue weighted by atomic mass is 10.1. The minimum atomic E-state index is -0.0596. The van der Waals surface area contributed by atoms with Crippen LogP contribution in [0.4, 0.5) is 0 Å². The molecule has 0 saturated heterocycles. The highest BCUT2D eigenvalue weighted by Gasteiger charge is 2.43. The predicted octanol–water partition coefficient (Wildman–Crippen LogP) is 4.45. The van der Waals surface area contributed by atoms with Gasteiger partial charge in [-0.15, -0.1) is 0 Å². The quantitative estimate of drug-likeness (QED) is 0.423. The number of rotatable bonds is 4. The Morgan fingerprint density at radius 1 is 1.23 bits per heavy atom. The Labute approximate surface area is 156 Å². The zero-order chi connectivity index (χ0) is 18.1. The molecule has 1 aliphatic rings. The molecule has 4 rings (SSSR count). The van der Waals surface area contributed by atoms with Crippen LogP contribution >= 0.6 is 11.6 Å². The summed E-state index contributed by atoms with van der Waals surface area (Å²) in [6, 6.07) is 18.0. The lowest BCUT2D eigenvalue weighted by Crippen LogP contribution is -2.20. The van der Waals surface area contributed by atoms with Crippen LogP contribution in [0.3, 0.4) is 0 Å². The van der Waals surface area contributed by atoms with Gasteiger partial charge in [-0.2, -0.15) is 5.10 Å². The molecule has 1 fully saturated rings. The highest BCUT2D eigenvalue weighted by Crippen LogP contribution is 2.47. The summed E-state index contributed by atoms with van der Waals surface area (Å²) in [5.74, 6) is 0.221. The van der Waals surface area contributed by atoms with Gasteiger partial charge in [0, 0.05) is 16.9 Å². The molecule has 1 saturated carbocycles. The molecule has 4 nitrogen and oxygen atoms in total. The summed E-state index contributed by atoms with van der Waals surface area (Å²) < 4.78 is 0. The number of pyridine rings is 1. The molecule has 1 aliphatic carbocycles. The van der Waals surface area contributed by atoms with E-state index in [-0.39, 0.29) is 11.8 Å². The topological polar surface area (TPSA) is 54.4 Å². The van der Waals surface area contributed by atoms with Crippen molar-refractivity contribution in [3.63, 3.8) is 0 Å². The third-order valence-corrected chi connectivity index (χ3v) is 4.99. The number of nitrogens with one attached hydrogen (secondary N) is 1. The van der Waals surface area contributed by atoms with Gasteiger partial charge in [-0.1, -0.05) is 54.1 Å². The molecule has 0 aliphatic heterocycles. The number of benzene rings is 2. The van der Waals surface area contributed by atoms with Gasteiger partial charge in [0.15, 0.2) is 0 Å². The molecule has 2 aromatic carbocycles. The standard InChI is InChI=1S/C21H18ClN3O/c1-13-7-8-15-10-16(20(22)24-19(15)9-13)12-23-25-21(26)18-11-17(18)14-5-3-2-4-6-14/h2-10,12,17-18H,11H2,1H3,(H,25,26)/b23-12+/t17-,18+/m0/s1. The molecule has 2 atom stereocenters. The van der Waals surface area contributed by atoms with Crippen molar-refractivity contribution in [1.29, 1.82) is 0 Å². The molecule has 1 aromatic heterocycles. The molecular formula is C21H18ClN3O. The summed E-state index contributed by atoms with van der Waals surface area (Å²) in [6.45, 7) is 2.01. The van der Waals surface area contributed by atoms with Crippen LogP contribution in [0.25, 0.3) is 10.9 Å². The van der Waals surface area contributed by atoms with Crippen LogP contribution in [0, 0.1) is 12.8 Å². The van der Waals surface area contributed by atoms with Gasteiger partial charge in [0.05, 0.1) is 11.7 Å². The Morgan fingerprint density at radius 3 is 2.85 bits per heavy atom. The molecule has 5 heteroatoms. The molecular weight excluding hydrogens is 346 g/mol. The van der Waals surface area contributed by atoms with Crippen molar-refractivity contribution in [1.82, 2.24) is 10.4 Å². The number of hydrogen-bond acceptors (Lipinski definition) is 3. The normalized spacial score (nSPS) is 19.0. The molecule has 0 unspecified atom stereocenters. The molecule has 0 bridgehead atoms. The fourth-order valence-corrected chi connectivity index (χ4v) is 3.36. The van der Waals surface area contributed by atoms with E-state index in [0.717, 1.165) is 22.9 Å². The van der Waals surface area contributed by atoms with Gasteiger partial charge in [0.25, 0.3) is 0 Å². The second-order valence-electron chi connectivity index (χ2n) is 6.66. The van der Waals surface area contributed by atoms with Crippen molar-refractivity contribution in [2.45, 2.75) is 19.3 Å². The molecule has 1 amide bonds.